The predicted molar refractivity (Wildman–Crippen MR) is 66.4 cm³/mol. The van der Waals surface area contributed by atoms with Crippen LogP contribution in [0.25, 0.3) is 0 Å². The number of carbonyl (C=O) groups is 1. The lowest BCUT2D eigenvalue weighted by molar-refractivity contribution is 0.0950. The van der Waals surface area contributed by atoms with Crippen molar-refractivity contribution in [1.29, 1.82) is 0 Å². The third-order valence-corrected chi connectivity index (χ3v) is 3.23. The second-order valence-electron chi connectivity index (χ2n) is 3.94. The lowest BCUT2D eigenvalue weighted by Gasteiger charge is -2.06. The summed E-state index contributed by atoms with van der Waals surface area (Å²) in [6, 6.07) is 3.61. The molecule has 6 nitrogen and oxygen atoms in total. The molecule has 0 saturated heterocycles. The van der Waals surface area contributed by atoms with Crippen molar-refractivity contribution < 1.29 is 23.4 Å². The molecule has 3 N–H and O–H groups in total. The molecule has 0 aromatic heterocycles. The highest BCUT2D eigenvalue weighted by molar-refractivity contribution is 7.90. The Morgan fingerprint density at radius 1 is 1.33 bits per heavy atom. The highest BCUT2D eigenvalue weighted by Crippen LogP contribution is 2.21. The van der Waals surface area contributed by atoms with Crippen LogP contribution in [0, 0.1) is 0 Å². The maximum absolute atomic E-state index is 11.6. The molecule has 100 valence electrons. The Morgan fingerprint density at radius 2 is 2.00 bits per heavy atom. The Labute approximate surface area is 105 Å². The zero-order valence-corrected chi connectivity index (χ0v) is 10.7. The largest absolute Gasteiger partial charge is 0.508 e. The summed E-state index contributed by atoms with van der Waals surface area (Å²) in [6.07, 6.45) is 1.42. The van der Waals surface area contributed by atoms with E-state index in [1.807, 2.05) is 0 Å². The lowest BCUT2D eigenvalue weighted by Crippen LogP contribution is -2.25. The summed E-state index contributed by atoms with van der Waals surface area (Å²) in [5.41, 5.74) is -0.0469. The molecule has 18 heavy (non-hydrogen) atoms. The zero-order valence-electron chi connectivity index (χ0n) is 9.88. The zero-order chi connectivity index (χ0) is 13.8. The first-order valence-corrected chi connectivity index (χ1v) is 7.33. The molecule has 0 aliphatic carbocycles. The number of aromatic hydroxyl groups is 2. The van der Waals surface area contributed by atoms with Crippen LogP contribution in [0.15, 0.2) is 18.2 Å². The maximum Gasteiger partial charge on any atom is 0.255 e. The summed E-state index contributed by atoms with van der Waals surface area (Å²) in [5, 5.41) is 21.1. The van der Waals surface area contributed by atoms with Crippen LogP contribution >= 0.6 is 0 Å². The second kappa shape index (κ2) is 5.72. The normalized spacial score (nSPS) is 11.2. The van der Waals surface area contributed by atoms with Gasteiger partial charge in [0.1, 0.15) is 21.3 Å². The van der Waals surface area contributed by atoms with Crippen molar-refractivity contribution in [2.24, 2.45) is 0 Å². The van der Waals surface area contributed by atoms with Crippen molar-refractivity contribution in [2.45, 2.75) is 6.42 Å². The number of phenols is 2. The molecule has 0 unspecified atom stereocenters. The van der Waals surface area contributed by atoms with Gasteiger partial charge in [-0.3, -0.25) is 4.79 Å². The van der Waals surface area contributed by atoms with Crippen LogP contribution in [0.2, 0.25) is 0 Å². The number of benzene rings is 1. The molecule has 0 saturated carbocycles. The summed E-state index contributed by atoms with van der Waals surface area (Å²) in [6.45, 7) is 0.182. The fourth-order valence-electron chi connectivity index (χ4n) is 1.34. The Kier molecular flexibility index (Phi) is 4.55. The highest BCUT2D eigenvalue weighted by Gasteiger charge is 2.11. The van der Waals surface area contributed by atoms with Crippen LogP contribution in [-0.2, 0) is 9.84 Å². The van der Waals surface area contributed by atoms with Crippen LogP contribution in [0.5, 0.6) is 11.5 Å². The minimum atomic E-state index is -3.04. The topological polar surface area (TPSA) is 104 Å². The SMILES string of the molecule is CS(=O)(=O)CCCNC(=O)c1cc(O)ccc1O. The van der Waals surface area contributed by atoms with Gasteiger partial charge in [0.15, 0.2) is 0 Å². The minimum absolute atomic E-state index is 0.0146. The molecule has 0 fully saturated rings. The van der Waals surface area contributed by atoms with Gasteiger partial charge in [-0.25, -0.2) is 8.42 Å². The summed E-state index contributed by atoms with van der Waals surface area (Å²) >= 11 is 0. The Morgan fingerprint density at radius 3 is 2.61 bits per heavy atom. The van der Waals surface area contributed by atoms with E-state index in [0.717, 1.165) is 12.3 Å². The van der Waals surface area contributed by atoms with Crippen LogP contribution in [0.1, 0.15) is 16.8 Å². The average Bonchev–Trinajstić information content (AvgIpc) is 2.26. The monoisotopic (exact) mass is 273 g/mol. The molecule has 0 radical (unpaired) electrons. The van der Waals surface area contributed by atoms with E-state index < -0.39 is 15.7 Å². The van der Waals surface area contributed by atoms with Gasteiger partial charge in [-0.05, 0) is 24.6 Å². The molecular formula is C11H15NO5S. The molecular weight excluding hydrogens is 258 g/mol. The standard InChI is InChI=1S/C11H15NO5S/c1-18(16,17)6-2-5-12-11(15)9-7-8(13)3-4-10(9)14/h3-4,7,13-14H,2,5-6H2,1H3,(H,12,15). The summed E-state index contributed by atoms with van der Waals surface area (Å²) in [5.74, 6) is -0.946. The van der Waals surface area contributed by atoms with E-state index in [-0.39, 0.29) is 29.4 Å². The average molecular weight is 273 g/mol. The molecule has 0 bridgehead atoms. The Bertz CT molecular complexity index is 538. The summed E-state index contributed by atoms with van der Waals surface area (Å²) in [4.78, 5) is 11.6. The Balaban J connectivity index is 2.53. The predicted octanol–water partition coefficient (Wildman–Crippen LogP) is 0.262. The summed E-state index contributed by atoms with van der Waals surface area (Å²) < 4.78 is 21.7. The number of carbonyl (C=O) groups excluding carboxylic acids is 1. The van der Waals surface area contributed by atoms with E-state index in [1.165, 1.54) is 12.1 Å². The fraction of sp³-hybridized carbons (Fsp3) is 0.364. The maximum atomic E-state index is 11.6. The molecule has 0 aliphatic rings. The first-order valence-electron chi connectivity index (χ1n) is 5.27. The second-order valence-corrected chi connectivity index (χ2v) is 6.20. The molecule has 7 heteroatoms. The van der Waals surface area contributed by atoms with Crippen molar-refractivity contribution in [3.63, 3.8) is 0 Å². The van der Waals surface area contributed by atoms with Crippen molar-refractivity contribution in [2.75, 3.05) is 18.6 Å². The lowest BCUT2D eigenvalue weighted by atomic mass is 10.2. The molecule has 1 amide bonds. The number of rotatable bonds is 5. The van der Waals surface area contributed by atoms with Gasteiger partial charge >= 0.3 is 0 Å². The molecule has 0 aliphatic heterocycles. The quantitative estimate of drug-likeness (QED) is 0.527. The van der Waals surface area contributed by atoms with Crippen molar-refractivity contribution in [3.05, 3.63) is 23.8 Å². The van der Waals surface area contributed by atoms with Gasteiger partial charge in [-0.15, -0.1) is 0 Å². The molecule has 0 heterocycles. The molecule has 1 aromatic rings. The molecule has 1 rings (SSSR count). The molecule has 1 aromatic carbocycles. The Hall–Kier alpha value is -1.76. The third-order valence-electron chi connectivity index (χ3n) is 2.20. The molecule has 0 atom stereocenters. The van der Waals surface area contributed by atoms with Gasteiger partial charge in [0, 0.05) is 12.8 Å². The smallest absolute Gasteiger partial charge is 0.255 e. The number of nitrogens with one attached hydrogen (secondary N) is 1. The first kappa shape index (κ1) is 14.3. The van der Waals surface area contributed by atoms with Crippen molar-refractivity contribution in [1.82, 2.24) is 5.32 Å². The van der Waals surface area contributed by atoms with Crippen molar-refractivity contribution >= 4 is 15.7 Å². The van der Waals surface area contributed by atoms with E-state index in [0.29, 0.717) is 6.42 Å². The summed E-state index contributed by atoms with van der Waals surface area (Å²) in [7, 11) is -3.04. The van der Waals surface area contributed by atoms with E-state index in [4.69, 9.17) is 0 Å². The number of phenolic OH excluding ortho intramolecular Hbond substituents is 2. The van der Waals surface area contributed by atoms with Crippen LogP contribution in [0.3, 0.4) is 0 Å². The van der Waals surface area contributed by atoms with Crippen LogP contribution < -0.4 is 5.32 Å². The van der Waals surface area contributed by atoms with Gasteiger partial charge in [0.25, 0.3) is 5.91 Å². The third kappa shape index (κ3) is 4.62. The number of hydrogen-bond donors (Lipinski definition) is 3. The van der Waals surface area contributed by atoms with Gasteiger partial charge in [0.05, 0.1) is 11.3 Å². The van der Waals surface area contributed by atoms with Gasteiger partial charge in [0.2, 0.25) is 0 Å². The van der Waals surface area contributed by atoms with E-state index in [9.17, 15) is 23.4 Å². The van der Waals surface area contributed by atoms with Crippen molar-refractivity contribution in [3.8, 4) is 11.5 Å². The highest BCUT2D eigenvalue weighted by atomic mass is 32.2. The van der Waals surface area contributed by atoms with Gasteiger partial charge in [-0.2, -0.15) is 0 Å². The van der Waals surface area contributed by atoms with Gasteiger partial charge in [-0.1, -0.05) is 0 Å². The van der Waals surface area contributed by atoms with E-state index >= 15 is 0 Å². The molecule has 0 spiro atoms. The number of hydrogen-bond acceptors (Lipinski definition) is 5. The van der Waals surface area contributed by atoms with E-state index in [2.05, 4.69) is 5.32 Å². The minimum Gasteiger partial charge on any atom is -0.508 e. The van der Waals surface area contributed by atoms with Gasteiger partial charge < -0.3 is 15.5 Å². The fourth-order valence-corrected chi connectivity index (χ4v) is 2.01. The van der Waals surface area contributed by atoms with Crippen LogP contribution in [0.4, 0.5) is 0 Å². The van der Waals surface area contributed by atoms with Crippen LogP contribution in [-0.4, -0.2) is 43.1 Å². The number of sulfone groups is 1. The number of amides is 1. The first-order chi connectivity index (χ1) is 8.29. The van der Waals surface area contributed by atoms with E-state index in [1.54, 1.807) is 0 Å².